The van der Waals surface area contributed by atoms with Crippen LogP contribution >= 0.6 is 0 Å². The summed E-state index contributed by atoms with van der Waals surface area (Å²) in [7, 11) is 0. The van der Waals surface area contributed by atoms with Gasteiger partial charge < -0.3 is 15.3 Å². The van der Waals surface area contributed by atoms with Gasteiger partial charge >= 0.3 is 0 Å². The summed E-state index contributed by atoms with van der Waals surface area (Å²) in [5.74, 6) is 0. The van der Waals surface area contributed by atoms with Crippen molar-refractivity contribution in [1.29, 1.82) is 0 Å². The van der Waals surface area contributed by atoms with Gasteiger partial charge in [-0.05, 0) is 0 Å². The molecule has 0 spiro atoms. The third-order valence-corrected chi connectivity index (χ3v) is 0. The van der Waals surface area contributed by atoms with Crippen LogP contribution in [0.4, 0.5) is 0 Å². The molecule has 0 atom stereocenters. The minimum atomic E-state index is -0.417. The Kier molecular flexibility index (Phi) is 32.9. The van der Waals surface area contributed by atoms with E-state index in [1.54, 1.807) is 41.5 Å². The molecular weight excluding hydrogens is 207 g/mol. The predicted molar refractivity (Wildman–Crippen MR) is 45.4 cm³/mol. The summed E-state index contributed by atoms with van der Waals surface area (Å²) in [6.45, 7) is 9.67. The van der Waals surface area contributed by atoms with E-state index in [0.29, 0.717) is 0 Å². The molecule has 4 heteroatoms. The molecule has 0 aromatic rings. The molecule has 0 aliphatic carbocycles. The van der Waals surface area contributed by atoms with Gasteiger partial charge in [-0.25, -0.2) is 0 Å². The SMILES string of the molecule is CC(C)[O-].CC(C)[O-].CC(C)[O-].[V]. The van der Waals surface area contributed by atoms with Gasteiger partial charge in [-0.3, -0.25) is 0 Å². The predicted octanol–water partition coefficient (Wildman–Crippen LogP) is -0.737. The Balaban J connectivity index is -0.0000000450. The molecule has 0 saturated heterocycles. The Morgan fingerprint density at radius 3 is 0.538 bits per heavy atom. The van der Waals surface area contributed by atoms with Crippen LogP contribution in [-0.2, 0) is 18.6 Å². The third kappa shape index (κ3) is 6330. The van der Waals surface area contributed by atoms with Crippen LogP contribution in [0.15, 0.2) is 0 Å². The van der Waals surface area contributed by atoms with Gasteiger partial charge in [0.15, 0.2) is 0 Å². The van der Waals surface area contributed by atoms with Crippen LogP contribution in [0.5, 0.6) is 0 Å². The van der Waals surface area contributed by atoms with Crippen molar-refractivity contribution < 1.29 is 33.9 Å². The minimum Gasteiger partial charge on any atom is -0.852 e. The van der Waals surface area contributed by atoms with E-state index < -0.39 is 18.3 Å². The first-order valence-electron chi connectivity index (χ1n) is 4.17. The van der Waals surface area contributed by atoms with E-state index in [-0.39, 0.29) is 18.6 Å². The fourth-order valence-corrected chi connectivity index (χ4v) is 0. The fourth-order valence-electron chi connectivity index (χ4n) is 0. The normalized spacial score (nSPS) is 8.31. The molecular formula is C9H21O3V-3. The smallest absolute Gasteiger partial charge is 0 e. The maximum absolute atomic E-state index is 9.53. The average molecular weight is 228 g/mol. The topological polar surface area (TPSA) is 69.2 Å². The van der Waals surface area contributed by atoms with Crippen molar-refractivity contribution in [2.75, 3.05) is 0 Å². The van der Waals surface area contributed by atoms with Crippen molar-refractivity contribution in [3.05, 3.63) is 0 Å². The largest absolute Gasteiger partial charge is 0.852 e. The molecule has 3 nitrogen and oxygen atoms in total. The molecule has 0 bridgehead atoms. The first-order valence-corrected chi connectivity index (χ1v) is 4.17. The van der Waals surface area contributed by atoms with E-state index in [4.69, 9.17) is 0 Å². The first-order chi connectivity index (χ1) is 5.20. The second-order valence-electron chi connectivity index (χ2n) is 3.15. The van der Waals surface area contributed by atoms with Gasteiger partial charge in [0.25, 0.3) is 0 Å². The minimum absolute atomic E-state index is 0. The van der Waals surface area contributed by atoms with Crippen LogP contribution in [-0.4, -0.2) is 18.3 Å². The quantitative estimate of drug-likeness (QED) is 0.548. The molecule has 13 heavy (non-hydrogen) atoms. The molecule has 0 aliphatic heterocycles. The van der Waals surface area contributed by atoms with Crippen LogP contribution in [0.1, 0.15) is 41.5 Å². The molecule has 0 aromatic heterocycles. The molecule has 0 aromatic carbocycles. The molecule has 1 radical (unpaired) electrons. The Morgan fingerprint density at radius 1 is 0.538 bits per heavy atom. The van der Waals surface area contributed by atoms with Crippen LogP contribution in [0.3, 0.4) is 0 Å². The Hall–Kier alpha value is 0.464. The summed E-state index contributed by atoms with van der Waals surface area (Å²) >= 11 is 0. The van der Waals surface area contributed by atoms with Crippen LogP contribution in [0.25, 0.3) is 0 Å². The second kappa shape index (κ2) is 18.3. The summed E-state index contributed by atoms with van der Waals surface area (Å²) in [4.78, 5) is 0. The summed E-state index contributed by atoms with van der Waals surface area (Å²) < 4.78 is 0. The zero-order valence-corrected chi connectivity index (χ0v) is 10.8. The van der Waals surface area contributed by atoms with E-state index in [0.717, 1.165) is 0 Å². The Labute approximate surface area is 94.1 Å². The molecule has 0 rings (SSSR count). The summed E-state index contributed by atoms with van der Waals surface area (Å²) in [6.07, 6.45) is -1.25. The maximum Gasteiger partial charge on any atom is 0 e. The molecule has 0 amide bonds. The van der Waals surface area contributed by atoms with Gasteiger partial charge in [-0.2, -0.15) is 0 Å². The summed E-state index contributed by atoms with van der Waals surface area (Å²) in [6, 6.07) is 0. The maximum atomic E-state index is 9.53. The Morgan fingerprint density at radius 2 is 0.538 bits per heavy atom. The zero-order chi connectivity index (χ0) is 10.7. The molecule has 0 fully saturated rings. The molecule has 83 valence electrons. The Bertz CT molecular complexity index is 43.4. The van der Waals surface area contributed by atoms with Crippen molar-refractivity contribution in [2.24, 2.45) is 0 Å². The van der Waals surface area contributed by atoms with Gasteiger partial charge in [0.05, 0.1) is 0 Å². The third-order valence-electron chi connectivity index (χ3n) is 0. The van der Waals surface area contributed by atoms with Gasteiger partial charge in [0.1, 0.15) is 0 Å². The number of hydrogen-bond donors (Lipinski definition) is 0. The van der Waals surface area contributed by atoms with Crippen molar-refractivity contribution in [1.82, 2.24) is 0 Å². The average Bonchev–Trinajstić information content (AvgIpc) is 1.54. The standard InChI is InChI=1S/3C3H7O.V/c3*1-3(2)4;/h3*3H,1-2H3;/q3*-1;. The van der Waals surface area contributed by atoms with Crippen LogP contribution < -0.4 is 15.3 Å². The van der Waals surface area contributed by atoms with Crippen molar-refractivity contribution >= 4 is 0 Å². The number of rotatable bonds is 0. The molecule has 0 unspecified atom stereocenters. The van der Waals surface area contributed by atoms with E-state index in [1.165, 1.54) is 0 Å². The van der Waals surface area contributed by atoms with E-state index >= 15 is 0 Å². The molecule has 0 saturated carbocycles. The van der Waals surface area contributed by atoms with Gasteiger partial charge in [0.2, 0.25) is 0 Å². The van der Waals surface area contributed by atoms with Gasteiger partial charge in [-0.1, -0.05) is 41.5 Å². The van der Waals surface area contributed by atoms with Gasteiger partial charge in [-0.15, -0.1) is 18.3 Å². The van der Waals surface area contributed by atoms with Gasteiger partial charge in [0, 0.05) is 18.6 Å². The van der Waals surface area contributed by atoms with Crippen molar-refractivity contribution in [2.45, 2.75) is 59.9 Å². The number of hydrogen-bond acceptors (Lipinski definition) is 3. The van der Waals surface area contributed by atoms with Crippen molar-refractivity contribution in [3.63, 3.8) is 0 Å². The van der Waals surface area contributed by atoms with Crippen LogP contribution in [0, 0.1) is 0 Å². The van der Waals surface area contributed by atoms with Crippen LogP contribution in [0.2, 0.25) is 0 Å². The monoisotopic (exact) mass is 228 g/mol. The van der Waals surface area contributed by atoms with E-state index in [1.807, 2.05) is 0 Å². The second-order valence-corrected chi connectivity index (χ2v) is 3.15. The molecule has 0 heterocycles. The zero-order valence-electron chi connectivity index (χ0n) is 9.40. The summed E-state index contributed by atoms with van der Waals surface area (Å²) in [5, 5.41) is 28.6. The van der Waals surface area contributed by atoms with Crippen molar-refractivity contribution in [3.8, 4) is 0 Å². The first kappa shape index (κ1) is 23.4. The molecule has 0 aliphatic rings. The summed E-state index contributed by atoms with van der Waals surface area (Å²) in [5.41, 5.74) is 0. The van der Waals surface area contributed by atoms with E-state index in [9.17, 15) is 15.3 Å². The van der Waals surface area contributed by atoms with E-state index in [2.05, 4.69) is 0 Å². The fraction of sp³-hybridized carbons (Fsp3) is 1.00. The molecule has 0 N–H and O–H groups in total.